The first-order valence-corrected chi connectivity index (χ1v) is 10.5. The Morgan fingerprint density at radius 2 is 1.53 bits per heavy atom. The van der Waals surface area contributed by atoms with E-state index in [0.29, 0.717) is 26.2 Å². The zero-order chi connectivity index (χ0) is 22.6. The molecule has 0 aliphatic heterocycles. The fourth-order valence-electron chi connectivity index (χ4n) is 2.76. The molecule has 0 amide bonds. The minimum Gasteiger partial charge on any atom is -0.493 e. The normalized spacial score (nSPS) is 10.7. The monoisotopic (exact) mass is 429 g/mol. The second kappa shape index (κ2) is 12.1. The van der Waals surface area contributed by atoms with E-state index in [2.05, 4.69) is 42.8 Å². The highest BCUT2D eigenvalue weighted by atomic mass is 16.5. The van der Waals surface area contributed by atoms with Crippen LogP contribution in [-0.2, 0) is 16.1 Å². The molecule has 0 atom stereocenters. The van der Waals surface area contributed by atoms with E-state index in [1.165, 1.54) is 5.56 Å². The lowest BCUT2D eigenvalue weighted by Crippen LogP contribution is -2.06. The summed E-state index contributed by atoms with van der Waals surface area (Å²) in [7, 11) is 0. The van der Waals surface area contributed by atoms with Crippen LogP contribution in [-0.4, -0.2) is 25.4 Å². The van der Waals surface area contributed by atoms with Gasteiger partial charge in [0.15, 0.2) is 0 Å². The Balaban J connectivity index is 1.42. The summed E-state index contributed by atoms with van der Waals surface area (Å²) < 4.78 is 16.4. The predicted molar refractivity (Wildman–Crippen MR) is 127 cm³/mol. The van der Waals surface area contributed by atoms with Crippen molar-refractivity contribution in [1.29, 1.82) is 0 Å². The molecule has 0 saturated heterocycles. The average molecular weight is 430 g/mol. The first-order valence-electron chi connectivity index (χ1n) is 10.5. The van der Waals surface area contributed by atoms with Crippen molar-refractivity contribution in [1.82, 2.24) is 0 Å². The molecule has 3 rings (SSSR count). The number of aliphatic imine (C=N–C) groups is 1. The van der Waals surface area contributed by atoms with E-state index in [1.54, 1.807) is 6.21 Å². The number of carbonyl (C=O) groups excluding carboxylic acids is 1. The van der Waals surface area contributed by atoms with E-state index in [4.69, 9.17) is 14.2 Å². The number of aryl methyl sites for hydroxylation is 1. The Bertz CT molecular complexity index is 1020. The van der Waals surface area contributed by atoms with Crippen molar-refractivity contribution in [2.45, 2.75) is 20.0 Å². The minimum absolute atomic E-state index is 0.311. The van der Waals surface area contributed by atoms with Crippen LogP contribution >= 0.6 is 0 Å². The highest BCUT2D eigenvalue weighted by molar-refractivity contribution is 5.82. The molecule has 0 unspecified atom stereocenters. The number of hydrogen-bond donors (Lipinski definition) is 0. The fourth-order valence-corrected chi connectivity index (χ4v) is 2.76. The van der Waals surface area contributed by atoms with Gasteiger partial charge in [-0.15, -0.1) is 0 Å². The summed E-state index contributed by atoms with van der Waals surface area (Å²) in [6, 6.07) is 23.7. The average Bonchev–Trinajstić information content (AvgIpc) is 2.83. The summed E-state index contributed by atoms with van der Waals surface area (Å²) >= 11 is 0. The van der Waals surface area contributed by atoms with Gasteiger partial charge < -0.3 is 14.2 Å². The quantitative estimate of drug-likeness (QED) is 0.167. The summed E-state index contributed by atoms with van der Waals surface area (Å²) in [6.07, 6.45) is 3.57. The zero-order valence-electron chi connectivity index (χ0n) is 18.2. The van der Waals surface area contributed by atoms with Gasteiger partial charge in [0.05, 0.1) is 18.9 Å². The Hall–Kier alpha value is -3.86. The van der Waals surface area contributed by atoms with Crippen molar-refractivity contribution in [2.24, 2.45) is 4.99 Å². The lowest BCUT2D eigenvalue weighted by atomic mass is 10.2. The Labute approximate surface area is 189 Å². The molecular formula is C27H27NO4. The summed E-state index contributed by atoms with van der Waals surface area (Å²) in [5, 5.41) is 0. The molecule has 3 aromatic rings. The zero-order valence-corrected chi connectivity index (χ0v) is 18.2. The minimum atomic E-state index is -0.418. The van der Waals surface area contributed by atoms with Crippen molar-refractivity contribution >= 4 is 17.9 Å². The van der Waals surface area contributed by atoms with Crippen LogP contribution < -0.4 is 9.47 Å². The Morgan fingerprint density at radius 3 is 2.22 bits per heavy atom. The van der Waals surface area contributed by atoms with E-state index < -0.39 is 5.97 Å². The predicted octanol–water partition coefficient (Wildman–Crippen LogP) is 5.82. The molecule has 0 aliphatic carbocycles. The van der Waals surface area contributed by atoms with Gasteiger partial charge in [-0.05, 0) is 66.6 Å². The smallest absolute Gasteiger partial charge is 0.330 e. The SMILES string of the molecule is C=CC(=O)OCCCOc1ccc(C=Nc2ccc(OCc3ccc(C)cc3)cc2)cc1. The molecule has 0 N–H and O–H groups in total. The van der Waals surface area contributed by atoms with Crippen molar-refractivity contribution < 1.29 is 19.0 Å². The van der Waals surface area contributed by atoms with Crippen LogP contribution in [0.1, 0.15) is 23.1 Å². The number of ether oxygens (including phenoxy) is 3. The molecular weight excluding hydrogens is 402 g/mol. The van der Waals surface area contributed by atoms with E-state index in [-0.39, 0.29) is 0 Å². The van der Waals surface area contributed by atoms with Gasteiger partial charge in [0, 0.05) is 18.7 Å². The van der Waals surface area contributed by atoms with Crippen LogP contribution in [0.15, 0.2) is 90.4 Å². The Kier molecular flexibility index (Phi) is 8.63. The topological polar surface area (TPSA) is 57.1 Å². The van der Waals surface area contributed by atoms with E-state index in [0.717, 1.165) is 34.4 Å². The first-order chi connectivity index (χ1) is 15.6. The van der Waals surface area contributed by atoms with Crippen LogP contribution in [0, 0.1) is 6.92 Å². The maximum absolute atomic E-state index is 11.0. The summed E-state index contributed by atoms with van der Waals surface area (Å²) in [6.45, 7) is 6.74. The van der Waals surface area contributed by atoms with Crippen LogP contribution in [0.3, 0.4) is 0 Å². The van der Waals surface area contributed by atoms with Crippen molar-refractivity contribution in [3.8, 4) is 11.5 Å². The van der Waals surface area contributed by atoms with Gasteiger partial charge in [-0.1, -0.05) is 36.4 Å². The van der Waals surface area contributed by atoms with Gasteiger partial charge in [-0.2, -0.15) is 0 Å². The molecule has 0 spiro atoms. The largest absolute Gasteiger partial charge is 0.493 e. The third-order valence-corrected chi connectivity index (χ3v) is 4.57. The van der Waals surface area contributed by atoms with Gasteiger partial charge in [-0.25, -0.2) is 4.79 Å². The van der Waals surface area contributed by atoms with E-state index in [9.17, 15) is 4.79 Å². The number of carbonyl (C=O) groups is 1. The molecule has 0 radical (unpaired) electrons. The number of rotatable bonds is 11. The van der Waals surface area contributed by atoms with E-state index in [1.807, 2.05) is 48.5 Å². The molecule has 0 aliphatic rings. The maximum Gasteiger partial charge on any atom is 0.330 e. The third kappa shape index (κ3) is 7.76. The van der Waals surface area contributed by atoms with Gasteiger partial charge in [0.1, 0.15) is 18.1 Å². The van der Waals surface area contributed by atoms with Crippen LogP contribution in [0.2, 0.25) is 0 Å². The number of esters is 1. The maximum atomic E-state index is 11.0. The molecule has 3 aromatic carbocycles. The van der Waals surface area contributed by atoms with Gasteiger partial charge in [0.25, 0.3) is 0 Å². The summed E-state index contributed by atoms with van der Waals surface area (Å²) in [5.41, 5.74) is 4.20. The molecule has 0 aromatic heterocycles. The molecule has 0 heterocycles. The second-order valence-corrected chi connectivity index (χ2v) is 7.17. The molecule has 5 heteroatoms. The summed E-state index contributed by atoms with van der Waals surface area (Å²) in [4.78, 5) is 15.5. The lowest BCUT2D eigenvalue weighted by Gasteiger charge is -2.07. The van der Waals surface area contributed by atoms with Crippen molar-refractivity contribution in [3.05, 3.63) is 102 Å². The molecule has 32 heavy (non-hydrogen) atoms. The van der Waals surface area contributed by atoms with Crippen LogP contribution in [0.5, 0.6) is 11.5 Å². The molecule has 5 nitrogen and oxygen atoms in total. The Morgan fingerprint density at radius 1 is 0.875 bits per heavy atom. The third-order valence-electron chi connectivity index (χ3n) is 4.57. The molecule has 0 saturated carbocycles. The molecule has 0 fully saturated rings. The van der Waals surface area contributed by atoms with E-state index >= 15 is 0 Å². The van der Waals surface area contributed by atoms with Gasteiger partial charge in [0.2, 0.25) is 0 Å². The highest BCUT2D eigenvalue weighted by Crippen LogP contribution is 2.20. The van der Waals surface area contributed by atoms with Crippen LogP contribution in [0.25, 0.3) is 0 Å². The highest BCUT2D eigenvalue weighted by Gasteiger charge is 1.99. The number of benzene rings is 3. The first kappa shape index (κ1) is 22.8. The van der Waals surface area contributed by atoms with Crippen molar-refractivity contribution in [2.75, 3.05) is 13.2 Å². The number of nitrogens with zero attached hydrogens (tertiary/aromatic N) is 1. The summed E-state index contributed by atoms with van der Waals surface area (Å²) in [5.74, 6) is 1.15. The van der Waals surface area contributed by atoms with Gasteiger partial charge in [-0.3, -0.25) is 4.99 Å². The molecule has 164 valence electrons. The van der Waals surface area contributed by atoms with Gasteiger partial charge >= 0.3 is 5.97 Å². The molecule has 0 bridgehead atoms. The standard InChI is InChI=1S/C27H27NO4/c1-3-27(29)31-18-4-17-30-25-13-9-22(10-14-25)19-28-24-11-15-26(16-12-24)32-20-23-7-5-21(2)6-8-23/h3,5-16,19H,1,4,17-18,20H2,2H3. The van der Waals surface area contributed by atoms with Crippen molar-refractivity contribution in [3.63, 3.8) is 0 Å². The lowest BCUT2D eigenvalue weighted by molar-refractivity contribution is -0.137. The number of hydrogen-bond acceptors (Lipinski definition) is 5. The van der Waals surface area contributed by atoms with Crippen LogP contribution in [0.4, 0.5) is 5.69 Å². The fraction of sp³-hybridized carbons (Fsp3) is 0.185. The second-order valence-electron chi connectivity index (χ2n) is 7.17.